The van der Waals surface area contributed by atoms with Crippen molar-refractivity contribution in [3.63, 3.8) is 0 Å². The number of hydrogen-bond donors (Lipinski definition) is 1. The van der Waals surface area contributed by atoms with E-state index in [1.807, 2.05) is 0 Å². The second-order valence-corrected chi connectivity index (χ2v) is 6.67. The van der Waals surface area contributed by atoms with Crippen molar-refractivity contribution in [2.24, 2.45) is 4.99 Å². The zero-order chi connectivity index (χ0) is 20.0. The molecule has 1 aliphatic rings. The largest absolute Gasteiger partial charge is 0.460 e. The fourth-order valence-electron chi connectivity index (χ4n) is 2.39. The lowest BCUT2D eigenvalue weighted by Gasteiger charge is -2.25. The van der Waals surface area contributed by atoms with Crippen LogP contribution in [0.1, 0.15) is 24.7 Å². The summed E-state index contributed by atoms with van der Waals surface area (Å²) in [5.41, 5.74) is 1.08. The maximum absolute atomic E-state index is 12.6. The van der Waals surface area contributed by atoms with Crippen LogP contribution >= 0.6 is 11.8 Å². The number of allylic oxidation sites excluding steroid dienone is 1. The number of nitrogens with zero attached hydrogens (tertiary/aromatic N) is 2. The summed E-state index contributed by atoms with van der Waals surface area (Å²) in [4.78, 5) is 38.8. The van der Waals surface area contributed by atoms with Gasteiger partial charge in [0.05, 0.1) is 28.1 Å². The molecule has 0 aliphatic carbocycles. The molecule has 0 fully saturated rings. The number of amidine groups is 1. The molecule has 1 aromatic carbocycles. The third-order valence-electron chi connectivity index (χ3n) is 3.56. The molecule has 0 bridgehead atoms. The van der Waals surface area contributed by atoms with E-state index in [1.54, 1.807) is 19.1 Å². The predicted octanol–water partition coefficient (Wildman–Crippen LogP) is 2.34. The number of thioether (sulfide) groups is 1. The number of esters is 1. The Morgan fingerprint density at radius 1 is 1.37 bits per heavy atom. The number of nitro groups is 1. The Labute approximate surface area is 160 Å². The standard InChI is InChI=1S/C17H19N3O6S/c1-10-14(16(22)26-8-7-25-3)15(27-17(18-10)19-11(2)21)12-5-4-6-13(9-12)20(23)24/h4-6,9,15H,7-8H2,1-3H3,(H,18,19,21). The summed E-state index contributed by atoms with van der Waals surface area (Å²) < 4.78 is 10.1. The van der Waals surface area contributed by atoms with Gasteiger partial charge in [-0.2, -0.15) is 0 Å². The minimum Gasteiger partial charge on any atom is -0.460 e. The van der Waals surface area contributed by atoms with Crippen LogP contribution in [0, 0.1) is 10.1 Å². The number of nitrogens with one attached hydrogen (secondary N) is 1. The summed E-state index contributed by atoms with van der Waals surface area (Å²) in [6, 6.07) is 5.98. The topological polar surface area (TPSA) is 120 Å². The third-order valence-corrected chi connectivity index (χ3v) is 4.72. The molecule has 0 saturated heterocycles. The molecule has 0 spiro atoms. The minimum absolute atomic E-state index is 0.0701. The van der Waals surface area contributed by atoms with Crippen molar-refractivity contribution in [3.05, 3.63) is 51.2 Å². The molecular weight excluding hydrogens is 374 g/mol. The van der Waals surface area contributed by atoms with Crippen LogP contribution in [0.2, 0.25) is 0 Å². The molecule has 1 aliphatic heterocycles. The second-order valence-electron chi connectivity index (χ2n) is 5.58. The number of nitro benzene ring substituents is 1. The Hall–Kier alpha value is -2.72. The average Bonchev–Trinajstić information content (AvgIpc) is 2.60. The van der Waals surface area contributed by atoms with E-state index in [0.717, 1.165) is 11.8 Å². The Bertz CT molecular complexity index is 821. The van der Waals surface area contributed by atoms with E-state index in [1.165, 1.54) is 26.2 Å². The normalized spacial score (nSPS) is 16.6. The molecule has 1 unspecified atom stereocenters. The van der Waals surface area contributed by atoms with Gasteiger partial charge in [0.1, 0.15) is 6.61 Å². The molecule has 1 amide bonds. The maximum atomic E-state index is 12.6. The first-order valence-corrected chi connectivity index (χ1v) is 8.85. The number of amides is 1. The van der Waals surface area contributed by atoms with Crippen molar-refractivity contribution in [2.75, 3.05) is 20.3 Å². The van der Waals surface area contributed by atoms with Crippen molar-refractivity contribution >= 4 is 34.5 Å². The summed E-state index contributed by atoms with van der Waals surface area (Å²) in [6.45, 7) is 3.28. The number of ether oxygens (including phenoxy) is 2. The van der Waals surface area contributed by atoms with Crippen molar-refractivity contribution in [1.82, 2.24) is 5.32 Å². The number of non-ortho nitro benzene ring substituents is 1. The van der Waals surface area contributed by atoms with Crippen LogP contribution in [0.3, 0.4) is 0 Å². The quantitative estimate of drug-likeness (QED) is 0.341. The van der Waals surface area contributed by atoms with Gasteiger partial charge in [0, 0.05) is 26.2 Å². The van der Waals surface area contributed by atoms with Gasteiger partial charge in [-0.25, -0.2) is 9.79 Å². The number of carbonyl (C=O) groups is 2. The first-order chi connectivity index (χ1) is 12.8. The maximum Gasteiger partial charge on any atom is 0.337 e. The molecule has 1 heterocycles. The van der Waals surface area contributed by atoms with Crippen LogP contribution in [0.25, 0.3) is 0 Å². The lowest BCUT2D eigenvalue weighted by Crippen LogP contribution is -2.30. The fraction of sp³-hybridized carbons (Fsp3) is 0.353. The molecule has 1 N–H and O–H groups in total. The lowest BCUT2D eigenvalue weighted by molar-refractivity contribution is -0.384. The zero-order valence-electron chi connectivity index (χ0n) is 15.1. The first kappa shape index (κ1) is 20.6. The molecule has 10 heteroatoms. The molecular formula is C17H19N3O6S. The Morgan fingerprint density at radius 2 is 2.11 bits per heavy atom. The molecule has 0 aromatic heterocycles. The molecule has 1 atom stereocenters. The number of hydrogen-bond acceptors (Lipinski definition) is 8. The highest BCUT2D eigenvalue weighted by atomic mass is 32.2. The number of benzene rings is 1. The van der Waals surface area contributed by atoms with Crippen LogP contribution in [-0.2, 0) is 19.1 Å². The van der Waals surface area contributed by atoms with Crippen LogP contribution < -0.4 is 5.32 Å². The molecule has 9 nitrogen and oxygen atoms in total. The molecule has 27 heavy (non-hydrogen) atoms. The van der Waals surface area contributed by atoms with Gasteiger partial charge >= 0.3 is 5.97 Å². The van der Waals surface area contributed by atoms with E-state index in [2.05, 4.69) is 10.3 Å². The monoisotopic (exact) mass is 393 g/mol. The summed E-state index contributed by atoms with van der Waals surface area (Å²) in [7, 11) is 1.49. The smallest absolute Gasteiger partial charge is 0.337 e. The first-order valence-electron chi connectivity index (χ1n) is 7.97. The molecule has 144 valence electrons. The van der Waals surface area contributed by atoms with Crippen molar-refractivity contribution in [3.8, 4) is 0 Å². The SMILES string of the molecule is COCCOC(=O)C1=C(C)N=C(NC(C)=O)SC1c1cccc([N+](=O)[O-])c1. The van der Waals surface area contributed by atoms with Crippen LogP contribution in [0.15, 0.2) is 40.5 Å². The van der Waals surface area contributed by atoms with Crippen LogP contribution in [-0.4, -0.2) is 42.3 Å². The minimum atomic E-state index is -0.612. The highest BCUT2D eigenvalue weighted by Gasteiger charge is 2.33. The highest BCUT2D eigenvalue weighted by Crippen LogP contribution is 2.42. The Balaban J connectivity index is 2.43. The second kappa shape index (κ2) is 9.28. The van der Waals surface area contributed by atoms with E-state index in [9.17, 15) is 19.7 Å². The number of methoxy groups -OCH3 is 1. The summed E-state index contributed by atoms with van der Waals surface area (Å²) in [5, 5.41) is 13.4. The highest BCUT2D eigenvalue weighted by molar-refractivity contribution is 8.14. The number of carbonyl (C=O) groups excluding carboxylic acids is 2. The Morgan fingerprint density at radius 3 is 2.74 bits per heavy atom. The van der Waals surface area contributed by atoms with Crippen molar-refractivity contribution in [2.45, 2.75) is 19.1 Å². The van der Waals surface area contributed by atoms with Gasteiger partial charge in [-0.05, 0) is 12.5 Å². The zero-order valence-corrected chi connectivity index (χ0v) is 15.9. The summed E-state index contributed by atoms with van der Waals surface area (Å²) >= 11 is 1.12. The van der Waals surface area contributed by atoms with Gasteiger partial charge in [0.25, 0.3) is 5.69 Å². The van der Waals surface area contributed by atoms with E-state index in [4.69, 9.17) is 9.47 Å². The van der Waals surface area contributed by atoms with Gasteiger partial charge in [0.15, 0.2) is 5.17 Å². The van der Waals surface area contributed by atoms with E-state index >= 15 is 0 Å². The number of aliphatic imine (C=N–C) groups is 1. The molecule has 1 aromatic rings. The number of rotatable bonds is 6. The van der Waals surface area contributed by atoms with E-state index in [-0.39, 0.29) is 30.4 Å². The van der Waals surface area contributed by atoms with E-state index in [0.29, 0.717) is 16.4 Å². The van der Waals surface area contributed by atoms with E-state index < -0.39 is 16.1 Å². The summed E-state index contributed by atoms with van der Waals surface area (Å²) in [6.07, 6.45) is 0. The van der Waals surface area contributed by atoms with Crippen LogP contribution in [0.4, 0.5) is 5.69 Å². The predicted molar refractivity (Wildman–Crippen MR) is 100 cm³/mol. The third kappa shape index (κ3) is 5.38. The van der Waals surface area contributed by atoms with Crippen molar-refractivity contribution < 1.29 is 24.0 Å². The molecule has 2 rings (SSSR count). The molecule has 0 saturated carbocycles. The van der Waals surface area contributed by atoms with Gasteiger partial charge in [-0.3, -0.25) is 14.9 Å². The van der Waals surface area contributed by atoms with Crippen LogP contribution in [0.5, 0.6) is 0 Å². The molecule has 0 radical (unpaired) electrons. The average molecular weight is 393 g/mol. The van der Waals surface area contributed by atoms with Crippen molar-refractivity contribution in [1.29, 1.82) is 0 Å². The summed E-state index contributed by atoms with van der Waals surface area (Å²) in [5.74, 6) is -0.892. The van der Waals surface area contributed by atoms with Gasteiger partial charge in [0.2, 0.25) is 5.91 Å². The van der Waals surface area contributed by atoms with Gasteiger partial charge in [-0.1, -0.05) is 23.9 Å². The fourth-order valence-corrected chi connectivity index (χ4v) is 3.68. The van der Waals surface area contributed by atoms with Gasteiger partial charge < -0.3 is 14.8 Å². The van der Waals surface area contributed by atoms with Gasteiger partial charge in [-0.15, -0.1) is 0 Å². The Kier molecular flexibility index (Phi) is 7.08. The lowest BCUT2D eigenvalue weighted by atomic mass is 10.0.